The molecular weight excluding hydrogens is 300 g/mol. The van der Waals surface area contributed by atoms with E-state index in [9.17, 15) is 4.79 Å². The molecule has 0 atom stereocenters. The van der Waals surface area contributed by atoms with Crippen LogP contribution in [0.2, 0.25) is 5.02 Å². The van der Waals surface area contributed by atoms with Crippen molar-refractivity contribution in [3.63, 3.8) is 0 Å². The molecule has 0 aliphatic rings. The Bertz CT molecular complexity index is 783. The van der Waals surface area contributed by atoms with Gasteiger partial charge in [0.2, 0.25) is 0 Å². The lowest BCUT2D eigenvalue weighted by atomic mass is 10.2. The van der Waals surface area contributed by atoms with Crippen molar-refractivity contribution in [2.24, 2.45) is 0 Å². The molecule has 0 bridgehead atoms. The van der Waals surface area contributed by atoms with Crippen molar-refractivity contribution in [2.45, 2.75) is 6.54 Å². The molecule has 3 aromatic rings. The number of methoxy groups -OCH3 is 1. The lowest BCUT2D eigenvalue weighted by Crippen LogP contribution is -2.13. The Kier molecular flexibility index (Phi) is 3.37. The summed E-state index contributed by atoms with van der Waals surface area (Å²) in [4.78, 5) is 12.1. The maximum Gasteiger partial charge on any atom is 0.327 e. The topological polar surface area (TPSA) is 69.9 Å². The van der Waals surface area contributed by atoms with E-state index in [1.54, 1.807) is 0 Å². The summed E-state index contributed by atoms with van der Waals surface area (Å²) >= 11 is 7.86. The first kappa shape index (κ1) is 13.0. The molecule has 0 unspecified atom stereocenters. The number of hydrogen-bond acceptors (Lipinski definition) is 6. The molecule has 8 heteroatoms. The van der Waals surface area contributed by atoms with Gasteiger partial charge in [0.05, 0.1) is 17.0 Å². The van der Waals surface area contributed by atoms with E-state index in [1.165, 1.54) is 23.1 Å². The minimum atomic E-state index is -0.421. The predicted octanol–water partition coefficient (Wildman–Crippen LogP) is 2.38. The lowest BCUT2D eigenvalue weighted by molar-refractivity contribution is -0.141. The lowest BCUT2D eigenvalue weighted by Gasteiger charge is -2.01. The van der Waals surface area contributed by atoms with Crippen LogP contribution in [0, 0.1) is 0 Å². The number of halogens is 1. The summed E-state index contributed by atoms with van der Waals surface area (Å²) in [5.41, 5.74) is 0. The molecule has 0 aliphatic heterocycles. The van der Waals surface area contributed by atoms with Gasteiger partial charge in [0.15, 0.2) is 5.82 Å². The second kappa shape index (κ2) is 5.18. The van der Waals surface area contributed by atoms with Crippen LogP contribution in [-0.2, 0) is 16.1 Å². The molecule has 0 aliphatic carbocycles. The number of carbonyl (C=O) groups excluding carboxylic acids is 1. The van der Waals surface area contributed by atoms with E-state index in [4.69, 9.17) is 11.6 Å². The normalized spacial score (nSPS) is 10.9. The van der Waals surface area contributed by atoms with Crippen LogP contribution in [0.1, 0.15) is 0 Å². The number of hydrogen-bond donors (Lipinski definition) is 0. The van der Waals surface area contributed by atoms with Crippen LogP contribution in [0.15, 0.2) is 24.3 Å². The first-order chi connectivity index (χ1) is 9.70. The van der Waals surface area contributed by atoms with Gasteiger partial charge in [0, 0.05) is 10.1 Å². The highest BCUT2D eigenvalue weighted by Gasteiger charge is 2.19. The molecule has 0 amide bonds. The molecule has 6 nitrogen and oxygen atoms in total. The number of tetrazole rings is 1. The third kappa shape index (κ3) is 2.14. The van der Waals surface area contributed by atoms with Crippen LogP contribution >= 0.6 is 22.9 Å². The van der Waals surface area contributed by atoms with Gasteiger partial charge in [0.1, 0.15) is 6.54 Å². The third-order valence-corrected chi connectivity index (χ3v) is 4.45. The zero-order valence-corrected chi connectivity index (χ0v) is 12.0. The number of thiophene rings is 1. The van der Waals surface area contributed by atoms with Gasteiger partial charge in [-0.3, -0.25) is 4.79 Å². The Morgan fingerprint density at radius 3 is 3.00 bits per heavy atom. The fourth-order valence-corrected chi connectivity index (χ4v) is 3.32. The number of rotatable bonds is 3. The maximum absolute atomic E-state index is 11.4. The Balaban J connectivity index is 2.10. The summed E-state index contributed by atoms with van der Waals surface area (Å²) in [6.45, 7) is -0.0522. The van der Waals surface area contributed by atoms with Crippen LogP contribution in [0.3, 0.4) is 0 Å². The number of esters is 1. The van der Waals surface area contributed by atoms with Gasteiger partial charge in [-0.05, 0) is 16.5 Å². The van der Waals surface area contributed by atoms with Crippen LogP contribution in [0.5, 0.6) is 0 Å². The van der Waals surface area contributed by atoms with Crippen molar-refractivity contribution in [1.29, 1.82) is 0 Å². The van der Waals surface area contributed by atoms with Gasteiger partial charge in [-0.1, -0.05) is 29.8 Å². The average Bonchev–Trinajstić information content (AvgIpc) is 3.04. The molecule has 102 valence electrons. The minimum Gasteiger partial charge on any atom is -0.468 e. The molecule has 3 rings (SSSR count). The third-order valence-electron chi connectivity index (χ3n) is 2.78. The Morgan fingerprint density at radius 1 is 1.45 bits per heavy atom. The summed E-state index contributed by atoms with van der Waals surface area (Å²) in [5.74, 6) is 0.0392. The minimum absolute atomic E-state index is 0.0522. The van der Waals surface area contributed by atoms with Crippen molar-refractivity contribution in [3.8, 4) is 10.7 Å². The van der Waals surface area contributed by atoms with Gasteiger partial charge in [0.25, 0.3) is 0 Å². The first-order valence-electron chi connectivity index (χ1n) is 5.71. The van der Waals surface area contributed by atoms with Gasteiger partial charge in [-0.15, -0.1) is 16.4 Å². The average molecular weight is 309 g/mol. The van der Waals surface area contributed by atoms with Gasteiger partial charge in [-0.2, -0.15) is 0 Å². The number of aromatic nitrogens is 4. The van der Waals surface area contributed by atoms with E-state index in [1.807, 2.05) is 24.3 Å². The Morgan fingerprint density at radius 2 is 2.25 bits per heavy atom. The molecule has 0 N–H and O–H groups in total. The predicted molar refractivity (Wildman–Crippen MR) is 75.7 cm³/mol. The number of carbonyl (C=O) groups is 1. The molecule has 2 heterocycles. The molecular formula is C12H9ClN4O2S. The summed E-state index contributed by atoms with van der Waals surface area (Å²) in [7, 11) is 1.32. The largest absolute Gasteiger partial charge is 0.468 e. The Labute approximate surface area is 122 Å². The Hall–Kier alpha value is -1.99. The summed E-state index contributed by atoms with van der Waals surface area (Å²) in [6.07, 6.45) is 0. The second-order valence-electron chi connectivity index (χ2n) is 3.98. The summed E-state index contributed by atoms with van der Waals surface area (Å²) < 4.78 is 7.04. The molecule has 0 spiro atoms. The van der Waals surface area contributed by atoms with Crippen LogP contribution in [0.4, 0.5) is 0 Å². The zero-order valence-electron chi connectivity index (χ0n) is 10.4. The van der Waals surface area contributed by atoms with Gasteiger partial charge >= 0.3 is 5.97 Å². The molecule has 0 fully saturated rings. The standard InChI is InChI=1S/C12H9ClN4O2S/c1-19-9(18)6-17-12(14-15-16-17)11-10(13)7-4-2-3-5-8(7)20-11/h2-5H,6H2,1H3. The van der Waals surface area contributed by atoms with Crippen LogP contribution < -0.4 is 0 Å². The monoisotopic (exact) mass is 308 g/mol. The van der Waals surface area contributed by atoms with Crippen LogP contribution in [0.25, 0.3) is 20.8 Å². The highest BCUT2D eigenvalue weighted by atomic mass is 35.5. The van der Waals surface area contributed by atoms with E-state index >= 15 is 0 Å². The maximum atomic E-state index is 11.4. The second-order valence-corrected chi connectivity index (χ2v) is 5.41. The number of ether oxygens (including phenoxy) is 1. The highest BCUT2D eigenvalue weighted by Crippen LogP contribution is 2.40. The zero-order chi connectivity index (χ0) is 14.1. The molecule has 0 saturated carbocycles. The fourth-order valence-electron chi connectivity index (χ4n) is 1.82. The number of fused-ring (bicyclic) bond motifs is 1. The molecule has 20 heavy (non-hydrogen) atoms. The van der Waals surface area contributed by atoms with Crippen molar-refractivity contribution < 1.29 is 9.53 Å². The highest BCUT2D eigenvalue weighted by molar-refractivity contribution is 7.23. The van der Waals surface area contributed by atoms with Crippen molar-refractivity contribution >= 4 is 39.0 Å². The summed E-state index contributed by atoms with van der Waals surface area (Å²) in [5, 5.41) is 12.9. The molecule has 1 aromatic carbocycles. The van der Waals surface area contributed by atoms with E-state index in [-0.39, 0.29) is 6.54 Å². The number of benzene rings is 1. The molecule has 2 aromatic heterocycles. The van der Waals surface area contributed by atoms with E-state index < -0.39 is 5.97 Å². The van der Waals surface area contributed by atoms with Crippen molar-refractivity contribution in [1.82, 2.24) is 20.2 Å². The van der Waals surface area contributed by atoms with E-state index in [0.29, 0.717) is 10.8 Å². The van der Waals surface area contributed by atoms with E-state index in [2.05, 4.69) is 20.3 Å². The van der Waals surface area contributed by atoms with Crippen LogP contribution in [-0.4, -0.2) is 33.3 Å². The van der Waals surface area contributed by atoms with Crippen molar-refractivity contribution in [3.05, 3.63) is 29.3 Å². The first-order valence-corrected chi connectivity index (χ1v) is 6.90. The quantitative estimate of drug-likeness (QED) is 0.695. The van der Waals surface area contributed by atoms with E-state index in [0.717, 1.165) is 15.0 Å². The molecule has 0 saturated heterocycles. The van der Waals surface area contributed by atoms with Gasteiger partial charge < -0.3 is 4.74 Å². The number of nitrogens with zero attached hydrogens (tertiary/aromatic N) is 4. The SMILES string of the molecule is COC(=O)Cn1nnnc1-c1sc2ccccc2c1Cl. The molecule has 0 radical (unpaired) electrons. The smallest absolute Gasteiger partial charge is 0.327 e. The fraction of sp³-hybridized carbons (Fsp3) is 0.167. The van der Waals surface area contributed by atoms with Crippen molar-refractivity contribution in [2.75, 3.05) is 7.11 Å². The summed E-state index contributed by atoms with van der Waals surface area (Å²) in [6, 6.07) is 7.77. The van der Waals surface area contributed by atoms with Gasteiger partial charge in [-0.25, -0.2) is 4.68 Å².